The summed E-state index contributed by atoms with van der Waals surface area (Å²) in [6.45, 7) is 0. The lowest BCUT2D eigenvalue weighted by Gasteiger charge is -2.03. The van der Waals surface area contributed by atoms with E-state index in [1.165, 1.54) is 23.5 Å². The van der Waals surface area contributed by atoms with Gasteiger partial charge in [0, 0.05) is 21.7 Å². The van der Waals surface area contributed by atoms with Crippen LogP contribution in [0.2, 0.25) is 5.02 Å². The number of carbonyl (C=O) groups excluding carboxylic acids is 1. The van der Waals surface area contributed by atoms with Gasteiger partial charge in [-0.15, -0.1) is 0 Å². The normalized spacial score (nSPS) is 12.4. The number of fused-ring (bicyclic) bond motifs is 4. The zero-order valence-corrected chi connectivity index (χ0v) is 16.8. The molecule has 0 radical (unpaired) electrons. The molecular weight excluding hydrogens is 421 g/mol. The van der Waals surface area contributed by atoms with E-state index in [0.717, 1.165) is 15.8 Å². The van der Waals surface area contributed by atoms with Crippen molar-refractivity contribution in [2.24, 2.45) is 0 Å². The summed E-state index contributed by atoms with van der Waals surface area (Å²) in [5.41, 5.74) is 4.77. The predicted octanol–water partition coefficient (Wildman–Crippen LogP) is 6.15. The number of aromatic nitrogens is 3. The Hall–Kier alpha value is -3.35. The molecule has 6 rings (SSSR count). The number of halogens is 2. The molecule has 1 aliphatic rings. The third kappa shape index (κ3) is 2.47. The maximum absolute atomic E-state index is 13.7. The first-order valence-electron chi connectivity index (χ1n) is 9.20. The van der Waals surface area contributed by atoms with Crippen molar-refractivity contribution in [3.63, 3.8) is 0 Å². The molecule has 5 aromatic rings. The number of carbonyl (C=O) groups is 1. The van der Waals surface area contributed by atoms with Crippen molar-refractivity contribution in [1.29, 1.82) is 0 Å². The molecule has 3 aromatic carbocycles. The van der Waals surface area contributed by atoms with Crippen molar-refractivity contribution < 1.29 is 9.18 Å². The molecule has 0 atom stereocenters. The van der Waals surface area contributed by atoms with Crippen LogP contribution >= 0.6 is 22.9 Å². The third-order valence-electron chi connectivity index (χ3n) is 5.18. The van der Waals surface area contributed by atoms with Crippen molar-refractivity contribution in [1.82, 2.24) is 14.8 Å². The minimum absolute atomic E-state index is 0.0658. The van der Waals surface area contributed by atoms with Crippen LogP contribution in [0.4, 0.5) is 4.39 Å². The molecule has 144 valence electrons. The first kappa shape index (κ1) is 17.5. The highest BCUT2D eigenvalue weighted by Gasteiger charge is 2.35. The molecule has 0 fully saturated rings. The van der Waals surface area contributed by atoms with Gasteiger partial charge in [0.25, 0.3) is 0 Å². The Labute approximate surface area is 179 Å². The number of nitrogens with zero attached hydrogens (tertiary/aromatic N) is 3. The van der Waals surface area contributed by atoms with E-state index < -0.39 is 0 Å². The smallest absolute Gasteiger partial charge is 0.212 e. The highest BCUT2D eigenvalue weighted by molar-refractivity contribution is 7.20. The van der Waals surface area contributed by atoms with E-state index in [0.29, 0.717) is 38.2 Å². The molecule has 0 bridgehead atoms. The topological polar surface area (TPSA) is 47.8 Å². The van der Waals surface area contributed by atoms with Crippen LogP contribution in [-0.2, 0) is 0 Å². The quantitative estimate of drug-likeness (QED) is 0.330. The van der Waals surface area contributed by atoms with Crippen LogP contribution in [0.1, 0.15) is 15.9 Å². The number of rotatable bonds is 2. The van der Waals surface area contributed by atoms with Crippen LogP contribution in [0.3, 0.4) is 0 Å². The summed E-state index contributed by atoms with van der Waals surface area (Å²) in [7, 11) is 0. The second-order valence-corrected chi connectivity index (χ2v) is 8.42. The Balaban J connectivity index is 1.66. The van der Waals surface area contributed by atoms with E-state index in [1.54, 1.807) is 22.9 Å². The lowest BCUT2D eigenvalue weighted by molar-refractivity contribution is 0.104. The molecule has 30 heavy (non-hydrogen) atoms. The SMILES string of the molecule is O=C1c2ccccc2-c2c1c(-c1ccc(Cl)cc1)nn2-c1nc2ccc(F)cc2s1. The van der Waals surface area contributed by atoms with E-state index >= 15 is 0 Å². The molecule has 0 amide bonds. The van der Waals surface area contributed by atoms with Gasteiger partial charge in [-0.1, -0.05) is 59.3 Å². The molecule has 7 heteroatoms. The molecule has 2 aromatic heterocycles. The van der Waals surface area contributed by atoms with Gasteiger partial charge in [0.2, 0.25) is 5.13 Å². The Morgan fingerprint density at radius 3 is 2.53 bits per heavy atom. The fourth-order valence-corrected chi connectivity index (χ4v) is 4.90. The van der Waals surface area contributed by atoms with Crippen molar-refractivity contribution in [3.05, 3.63) is 88.7 Å². The number of hydrogen-bond donors (Lipinski definition) is 0. The monoisotopic (exact) mass is 431 g/mol. The fourth-order valence-electron chi connectivity index (χ4n) is 3.83. The average molecular weight is 432 g/mol. The summed E-state index contributed by atoms with van der Waals surface area (Å²) in [4.78, 5) is 17.9. The summed E-state index contributed by atoms with van der Waals surface area (Å²) >= 11 is 7.38. The number of benzene rings is 3. The van der Waals surface area contributed by atoms with Gasteiger partial charge in [-0.25, -0.2) is 14.1 Å². The second kappa shape index (κ2) is 6.32. The van der Waals surface area contributed by atoms with Crippen molar-refractivity contribution in [2.45, 2.75) is 0 Å². The molecular formula is C23H11ClFN3OS. The van der Waals surface area contributed by atoms with Gasteiger partial charge in [-0.2, -0.15) is 5.10 Å². The van der Waals surface area contributed by atoms with Crippen molar-refractivity contribution >= 4 is 38.9 Å². The first-order valence-corrected chi connectivity index (χ1v) is 10.4. The fraction of sp³-hybridized carbons (Fsp3) is 0. The van der Waals surface area contributed by atoms with Crippen molar-refractivity contribution in [3.8, 4) is 27.6 Å². The van der Waals surface area contributed by atoms with Crippen LogP contribution in [0.15, 0.2) is 66.7 Å². The Kier molecular flexibility index (Phi) is 3.69. The summed E-state index contributed by atoms with van der Waals surface area (Å²) in [6, 6.07) is 19.2. The maximum atomic E-state index is 13.7. The van der Waals surface area contributed by atoms with Crippen LogP contribution in [0, 0.1) is 5.82 Å². The highest BCUT2D eigenvalue weighted by atomic mass is 35.5. The zero-order chi connectivity index (χ0) is 20.4. The van der Waals surface area contributed by atoms with Crippen LogP contribution < -0.4 is 0 Å². The van der Waals surface area contributed by atoms with E-state index in [1.807, 2.05) is 36.4 Å². The average Bonchev–Trinajstić information content (AvgIpc) is 3.42. The van der Waals surface area contributed by atoms with E-state index in [2.05, 4.69) is 4.98 Å². The van der Waals surface area contributed by atoms with E-state index in [4.69, 9.17) is 16.7 Å². The standard InChI is InChI=1S/C23H11ClFN3OS/c24-13-7-5-12(6-8-13)20-19-21(15-3-1-2-4-16(15)22(19)29)28(27-20)23-26-17-10-9-14(25)11-18(17)30-23/h1-11H. The Morgan fingerprint density at radius 1 is 0.967 bits per heavy atom. The van der Waals surface area contributed by atoms with E-state index in [-0.39, 0.29) is 11.6 Å². The number of ketones is 1. The summed E-state index contributed by atoms with van der Waals surface area (Å²) < 4.78 is 16.1. The van der Waals surface area contributed by atoms with Crippen molar-refractivity contribution in [2.75, 3.05) is 0 Å². The third-order valence-corrected chi connectivity index (χ3v) is 6.42. The summed E-state index contributed by atoms with van der Waals surface area (Å²) in [5.74, 6) is -0.380. The van der Waals surface area contributed by atoms with E-state index in [9.17, 15) is 9.18 Å². The lowest BCUT2D eigenvalue weighted by Crippen LogP contribution is -1.99. The summed E-state index contributed by atoms with van der Waals surface area (Å²) in [6.07, 6.45) is 0. The minimum Gasteiger partial charge on any atom is -0.288 e. The molecule has 1 aliphatic carbocycles. The zero-order valence-electron chi connectivity index (χ0n) is 15.3. The molecule has 0 spiro atoms. The van der Waals surface area contributed by atoms with Gasteiger partial charge in [0.15, 0.2) is 5.78 Å². The second-order valence-electron chi connectivity index (χ2n) is 6.97. The minimum atomic E-state index is -0.314. The highest BCUT2D eigenvalue weighted by Crippen LogP contribution is 2.43. The molecule has 2 heterocycles. The molecule has 0 saturated heterocycles. The molecule has 0 N–H and O–H groups in total. The van der Waals surface area contributed by atoms with Gasteiger partial charge < -0.3 is 0 Å². The molecule has 0 aliphatic heterocycles. The number of hydrogen-bond acceptors (Lipinski definition) is 4. The molecule has 0 saturated carbocycles. The predicted molar refractivity (Wildman–Crippen MR) is 116 cm³/mol. The van der Waals surface area contributed by atoms with Gasteiger partial charge >= 0.3 is 0 Å². The Bertz CT molecular complexity index is 1490. The van der Waals surface area contributed by atoms with Gasteiger partial charge in [-0.05, 0) is 30.3 Å². The van der Waals surface area contributed by atoms with Crippen LogP contribution in [-0.4, -0.2) is 20.5 Å². The lowest BCUT2D eigenvalue weighted by atomic mass is 10.0. The van der Waals surface area contributed by atoms with Gasteiger partial charge in [0.1, 0.15) is 11.5 Å². The molecule has 0 unspecified atom stereocenters. The van der Waals surface area contributed by atoms with Crippen LogP contribution in [0.5, 0.6) is 0 Å². The maximum Gasteiger partial charge on any atom is 0.212 e. The first-order chi connectivity index (χ1) is 14.6. The Morgan fingerprint density at radius 2 is 1.73 bits per heavy atom. The summed E-state index contributed by atoms with van der Waals surface area (Å²) in [5, 5.41) is 5.96. The molecule has 4 nitrogen and oxygen atoms in total. The largest absolute Gasteiger partial charge is 0.288 e. The van der Waals surface area contributed by atoms with Gasteiger partial charge in [0.05, 0.1) is 21.5 Å². The number of thiazole rings is 1. The van der Waals surface area contributed by atoms with Gasteiger partial charge in [-0.3, -0.25) is 4.79 Å². The van der Waals surface area contributed by atoms with Crippen LogP contribution in [0.25, 0.3) is 37.9 Å².